The largest absolute Gasteiger partial charge is 0.454 e. The maximum atomic E-state index is 13.6. The number of rotatable bonds is 3. The van der Waals surface area contributed by atoms with E-state index in [1.165, 1.54) is 6.07 Å². The van der Waals surface area contributed by atoms with Crippen LogP contribution in [0.4, 0.5) is 10.1 Å². The van der Waals surface area contributed by atoms with Crippen molar-refractivity contribution >= 4 is 28.9 Å². The van der Waals surface area contributed by atoms with Gasteiger partial charge in [0.05, 0.1) is 15.7 Å². The molecule has 3 rings (SSSR count). The molecule has 104 valence electrons. The fourth-order valence-corrected chi connectivity index (χ4v) is 2.50. The zero-order chi connectivity index (χ0) is 14.1. The van der Waals surface area contributed by atoms with Crippen LogP contribution in [0.2, 0.25) is 10.0 Å². The van der Waals surface area contributed by atoms with E-state index >= 15 is 0 Å². The van der Waals surface area contributed by atoms with Crippen molar-refractivity contribution in [2.45, 2.75) is 6.54 Å². The molecule has 3 nitrogen and oxygen atoms in total. The van der Waals surface area contributed by atoms with E-state index in [9.17, 15) is 4.39 Å². The Kier molecular flexibility index (Phi) is 3.59. The second-order valence-electron chi connectivity index (χ2n) is 4.26. The number of ether oxygens (including phenoxy) is 2. The summed E-state index contributed by atoms with van der Waals surface area (Å²) in [6, 6.07) is 8.08. The monoisotopic (exact) mass is 313 g/mol. The van der Waals surface area contributed by atoms with Gasteiger partial charge in [-0.05, 0) is 29.8 Å². The molecular formula is C14H10Cl2FNO2. The summed E-state index contributed by atoms with van der Waals surface area (Å²) in [6.45, 7) is 0.530. The molecule has 1 aliphatic heterocycles. The van der Waals surface area contributed by atoms with Crippen molar-refractivity contribution < 1.29 is 13.9 Å². The predicted molar refractivity (Wildman–Crippen MR) is 76.3 cm³/mol. The molecule has 0 unspecified atom stereocenters. The van der Waals surface area contributed by atoms with Crippen molar-refractivity contribution in [3.05, 3.63) is 51.8 Å². The third-order valence-corrected chi connectivity index (χ3v) is 3.51. The highest BCUT2D eigenvalue weighted by atomic mass is 35.5. The molecule has 0 saturated heterocycles. The van der Waals surface area contributed by atoms with Gasteiger partial charge in [0.25, 0.3) is 0 Å². The summed E-state index contributed by atoms with van der Waals surface area (Å²) in [7, 11) is 0. The number of hydrogen-bond acceptors (Lipinski definition) is 3. The van der Waals surface area contributed by atoms with Gasteiger partial charge in [-0.2, -0.15) is 0 Å². The predicted octanol–water partition coefficient (Wildman–Crippen LogP) is 4.47. The number of benzene rings is 2. The molecule has 0 aliphatic carbocycles. The first-order chi connectivity index (χ1) is 9.65. The Morgan fingerprint density at radius 3 is 2.80 bits per heavy atom. The standard InChI is InChI=1S/C14H10Cl2FNO2/c15-9-2-1-3-11(17)13(9)18-6-8-4-10(16)14-12(5-8)19-7-20-14/h1-5,18H,6-7H2. The van der Waals surface area contributed by atoms with Crippen LogP contribution in [0.3, 0.4) is 0 Å². The minimum absolute atomic E-state index is 0.158. The van der Waals surface area contributed by atoms with Crippen LogP contribution in [0.25, 0.3) is 0 Å². The van der Waals surface area contributed by atoms with E-state index < -0.39 is 5.82 Å². The molecule has 1 heterocycles. The first-order valence-corrected chi connectivity index (χ1v) is 6.66. The SMILES string of the molecule is Fc1cccc(Cl)c1NCc1cc(Cl)c2c(c1)OCO2. The Labute approximate surface area is 125 Å². The number of hydrogen-bond donors (Lipinski definition) is 1. The second-order valence-corrected chi connectivity index (χ2v) is 5.08. The fourth-order valence-electron chi connectivity index (χ4n) is 1.98. The van der Waals surface area contributed by atoms with Gasteiger partial charge in [0.2, 0.25) is 6.79 Å². The summed E-state index contributed by atoms with van der Waals surface area (Å²) in [5.74, 6) is 0.734. The van der Waals surface area contributed by atoms with Crippen molar-refractivity contribution in [2.24, 2.45) is 0 Å². The zero-order valence-corrected chi connectivity index (χ0v) is 11.8. The van der Waals surface area contributed by atoms with Crippen molar-refractivity contribution in [3.8, 4) is 11.5 Å². The number of para-hydroxylation sites is 1. The third-order valence-electron chi connectivity index (χ3n) is 2.92. The fraction of sp³-hybridized carbons (Fsp3) is 0.143. The molecule has 0 atom stereocenters. The summed E-state index contributed by atoms with van der Waals surface area (Å²) in [5, 5.41) is 3.75. The lowest BCUT2D eigenvalue weighted by molar-refractivity contribution is 0.174. The summed E-state index contributed by atoms with van der Waals surface area (Å²) in [4.78, 5) is 0. The van der Waals surface area contributed by atoms with Gasteiger partial charge in [-0.15, -0.1) is 0 Å². The molecule has 0 aromatic heterocycles. The molecule has 0 fully saturated rings. The normalized spacial score (nSPS) is 12.6. The van der Waals surface area contributed by atoms with Gasteiger partial charge in [0.15, 0.2) is 11.5 Å². The maximum absolute atomic E-state index is 13.6. The van der Waals surface area contributed by atoms with Crippen LogP contribution in [-0.2, 0) is 6.54 Å². The smallest absolute Gasteiger partial charge is 0.231 e. The van der Waals surface area contributed by atoms with Crippen molar-refractivity contribution in [3.63, 3.8) is 0 Å². The molecule has 1 N–H and O–H groups in total. The van der Waals surface area contributed by atoms with Crippen molar-refractivity contribution in [1.29, 1.82) is 0 Å². The quantitative estimate of drug-likeness (QED) is 0.906. The van der Waals surface area contributed by atoms with Crippen LogP contribution in [0, 0.1) is 5.82 Å². The van der Waals surface area contributed by atoms with Crippen LogP contribution in [0.1, 0.15) is 5.56 Å². The number of halogens is 3. The van der Waals surface area contributed by atoms with Gasteiger partial charge in [-0.1, -0.05) is 29.3 Å². The van der Waals surface area contributed by atoms with Gasteiger partial charge < -0.3 is 14.8 Å². The van der Waals surface area contributed by atoms with Gasteiger partial charge in [-0.3, -0.25) is 0 Å². The van der Waals surface area contributed by atoms with Gasteiger partial charge in [0.1, 0.15) is 5.82 Å². The molecule has 0 amide bonds. The lowest BCUT2D eigenvalue weighted by Crippen LogP contribution is -2.02. The van der Waals surface area contributed by atoms with Crippen molar-refractivity contribution in [1.82, 2.24) is 0 Å². The molecule has 1 aliphatic rings. The van der Waals surface area contributed by atoms with E-state index in [2.05, 4.69) is 5.32 Å². The molecule has 0 radical (unpaired) electrons. The summed E-state index contributed by atoms with van der Waals surface area (Å²) < 4.78 is 24.1. The lowest BCUT2D eigenvalue weighted by Gasteiger charge is -2.10. The Balaban J connectivity index is 1.81. The molecule has 0 spiro atoms. The minimum Gasteiger partial charge on any atom is -0.454 e. The average Bonchev–Trinajstić information content (AvgIpc) is 2.87. The number of anilines is 1. The second kappa shape index (κ2) is 5.38. The number of nitrogens with one attached hydrogen (secondary N) is 1. The van der Waals surface area contributed by atoms with Crippen LogP contribution in [-0.4, -0.2) is 6.79 Å². The van der Waals surface area contributed by atoms with Crippen LogP contribution >= 0.6 is 23.2 Å². The van der Waals surface area contributed by atoms with Gasteiger partial charge in [0, 0.05) is 6.54 Å². The van der Waals surface area contributed by atoms with E-state index in [0.29, 0.717) is 28.1 Å². The van der Waals surface area contributed by atoms with Crippen molar-refractivity contribution in [2.75, 3.05) is 12.1 Å². The number of fused-ring (bicyclic) bond motifs is 1. The highest BCUT2D eigenvalue weighted by molar-refractivity contribution is 6.33. The Morgan fingerprint density at radius 1 is 1.15 bits per heavy atom. The van der Waals surface area contributed by atoms with E-state index in [1.807, 2.05) is 0 Å². The van der Waals surface area contributed by atoms with Crippen LogP contribution < -0.4 is 14.8 Å². The first-order valence-electron chi connectivity index (χ1n) is 5.91. The summed E-state index contributed by atoms with van der Waals surface area (Å²) in [5.41, 5.74) is 1.11. The third kappa shape index (κ3) is 2.49. The Bertz CT molecular complexity index is 644. The Hall–Kier alpha value is -1.65. The zero-order valence-electron chi connectivity index (χ0n) is 10.3. The highest BCUT2D eigenvalue weighted by Crippen LogP contribution is 2.40. The van der Waals surface area contributed by atoms with Gasteiger partial charge >= 0.3 is 0 Å². The van der Waals surface area contributed by atoms with E-state index in [0.717, 1.165) is 5.56 Å². The molecule has 0 saturated carbocycles. The van der Waals surface area contributed by atoms with E-state index in [4.69, 9.17) is 32.7 Å². The average molecular weight is 314 g/mol. The molecule has 0 bridgehead atoms. The molecular weight excluding hydrogens is 304 g/mol. The molecule has 20 heavy (non-hydrogen) atoms. The van der Waals surface area contributed by atoms with Crippen LogP contribution in [0.15, 0.2) is 30.3 Å². The minimum atomic E-state index is -0.399. The lowest BCUT2D eigenvalue weighted by atomic mass is 10.2. The van der Waals surface area contributed by atoms with Gasteiger partial charge in [-0.25, -0.2) is 4.39 Å². The summed E-state index contributed by atoms with van der Waals surface area (Å²) in [6.07, 6.45) is 0. The van der Waals surface area contributed by atoms with Crippen LogP contribution in [0.5, 0.6) is 11.5 Å². The maximum Gasteiger partial charge on any atom is 0.231 e. The topological polar surface area (TPSA) is 30.5 Å². The highest BCUT2D eigenvalue weighted by Gasteiger charge is 2.18. The summed E-state index contributed by atoms with van der Waals surface area (Å²) >= 11 is 12.0. The molecule has 2 aromatic rings. The van der Waals surface area contributed by atoms with E-state index in [1.54, 1.807) is 24.3 Å². The Morgan fingerprint density at radius 2 is 2.00 bits per heavy atom. The first kappa shape index (κ1) is 13.3. The molecule has 2 aromatic carbocycles. The molecule has 6 heteroatoms. The van der Waals surface area contributed by atoms with E-state index in [-0.39, 0.29) is 12.5 Å².